The number of aromatic nitrogens is 2. The highest BCUT2D eigenvalue weighted by molar-refractivity contribution is 6.33. The summed E-state index contributed by atoms with van der Waals surface area (Å²) in [5.41, 5.74) is 6.62. The van der Waals surface area contributed by atoms with E-state index >= 15 is 0 Å². The molecule has 5 nitrogen and oxygen atoms in total. The molecule has 7 heteroatoms. The molecular formula is C14H17Cl2N3O2. The number of benzene rings is 1. The largest absolute Gasteiger partial charge is 0.490 e. The van der Waals surface area contributed by atoms with Crippen molar-refractivity contribution in [3.8, 4) is 17.1 Å². The molecule has 0 unspecified atom stereocenters. The monoisotopic (exact) mass is 329 g/mol. The van der Waals surface area contributed by atoms with Gasteiger partial charge in [-0.05, 0) is 43.9 Å². The van der Waals surface area contributed by atoms with Crippen molar-refractivity contribution < 1.29 is 9.26 Å². The molecule has 0 bridgehead atoms. The number of nitrogens with zero attached hydrogens (tertiary/aromatic N) is 2. The molecule has 1 saturated carbocycles. The fourth-order valence-corrected chi connectivity index (χ4v) is 2.69. The van der Waals surface area contributed by atoms with Crippen LogP contribution in [0.2, 0.25) is 5.02 Å². The van der Waals surface area contributed by atoms with E-state index in [-0.39, 0.29) is 18.5 Å². The molecule has 0 spiro atoms. The van der Waals surface area contributed by atoms with E-state index < -0.39 is 0 Å². The van der Waals surface area contributed by atoms with Crippen LogP contribution >= 0.6 is 24.0 Å². The first-order chi connectivity index (χ1) is 9.72. The fourth-order valence-electron chi connectivity index (χ4n) is 2.44. The highest BCUT2D eigenvalue weighted by atomic mass is 35.5. The number of ether oxygens (including phenoxy) is 1. The van der Waals surface area contributed by atoms with Crippen LogP contribution in [0.1, 0.15) is 25.7 Å². The third-order valence-electron chi connectivity index (χ3n) is 3.56. The topological polar surface area (TPSA) is 74.2 Å². The van der Waals surface area contributed by atoms with Crippen LogP contribution in [0.5, 0.6) is 5.75 Å². The minimum atomic E-state index is 0. The zero-order valence-corrected chi connectivity index (χ0v) is 12.9. The molecule has 0 aliphatic heterocycles. The van der Waals surface area contributed by atoms with E-state index in [1.807, 2.05) is 12.1 Å². The lowest BCUT2D eigenvalue weighted by atomic mass is 9.94. The number of halogens is 2. The molecule has 1 heterocycles. The molecule has 1 aromatic heterocycles. The SMILES string of the molecule is Cl.NC1CCC(Oc2ccc(-c3ncon3)c(Cl)c2)CC1. The zero-order valence-electron chi connectivity index (χ0n) is 11.4. The number of hydrogen-bond donors (Lipinski definition) is 1. The van der Waals surface area contributed by atoms with Crippen LogP contribution in [0.25, 0.3) is 11.4 Å². The van der Waals surface area contributed by atoms with E-state index in [0.29, 0.717) is 16.9 Å². The predicted octanol–water partition coefficient (Wildman–Crippen LogP) is 3.46. The van der Waals surface area contributed by atoms with Crippen molar-refractivity contribution >= 4 is 24.0 Å². The van der Waals surface area contributed by atoms with Crippen LogP contribution < -0.4 is 10.5 Å². The summed E-state index contributed by atoms with van der Waals surface area (Å²) in [6.07, 6.45) is 5.51. The lowest BCUT2D eigenvalue weighted by molar-refractivity contribution is 0.147. The molecular weight excluding hydrogens is 313 g/mol. The van der Waals surface area contributed by atoms with E-state index in [4.69, 9.17) is 26.6 Å². The quantitative estimate of drug-likeness (QED) is 0.933. The molecule has 1 aliphatic rings. The van der Waals surface area contributed by atoms with Gasteiger partial charge in [-0.15, -0.1) is 12.4 Å². The van der Waals surface area contributed by atoms with Crippen LogP contribution in [0, 0.1) is 0 Å². The Morgan fingerprint density at radius 3 is 2.62 bits per heavy atom. The van der Waals surface area contributed by atoms with Gasteiger partial charge in [0, 0.05) is 11.6 Å². The summed E-state index contributed by atoms with van der Waals surface area (Å²) in [5, 5.41) is 4.33. The number of hydrogen-bond acceptors (Lipinski definition) is 5. The van der Waals surface area contributed by atoms with Crippen LogP contribution in [0.15, 0.2) is 29.1 Å². The van der Waals surface area contributed by atoms with Crippen molar-refractivity contribution in [3.63, 3.8) is 0 Å². The maximum absolute atomic E-state index is 6.24. The van der Waals surface area contributed by atoms with Gasteiger partial charge in [0.1, 0.15) is 5.75 Å². The van der Waals surface area contributed by atoms with Gasteiger partial charge in [-0.2, -0.15) is 4.98 Å². The van der Waals surface area contributed by atoms with Gasteiger partial charge >= 0.3 is 0 Å². The fraction of sp³-hybridized carbons (Fsp3) is 0.429. The summed E-state index contributed by atoms with van der Waals surface area (Å²) in [6.45, 7) is 0. The number of rotatable bonds is 3. The van der Waals surface area contributed by atoms with Gasteiger partial charge in [-0.1, -0.05) is 16.8 Å². The van der Waals surface area contributed by atoms with Crippen molar-refractivity contribution in [1.29, 1.82) is 0 Å². The lowest BCUT2D eigenvalue weighted by Crippen LogP contribution is -2.31. The molecule has 2 aromatic rings. The Bertz CT molecular complexity index is 570. The summed E-state index contributed by atoms with van der Waals surface area (Å²) in [4.78, 5) is 3.98. The molecule has 0 atom stereocenters. The van der Waals surface area contributed by atoms with E-state index in [2.05, 4.69) is 10.1 Å². The van der Waals surface area contributed by atoms with Gasteiger partial charge in [-0.3, -0.25) is 0 Å². The van der Waals surface area contributed by atoms with E-state index in [9.17, 15) is 0 Å². The van der Waals surface area contributed by atoms with Gasteiger partial charge in [0.15, 0.2) is 0 Å². The Kier molecular flexibility index (Phi) is 5.45. The van der Waals surface area contributed by atoms with Crippen LogP contribution in [0.3, 0.4) is 0 Å². The molecule has 0 amide bonds. The molecule has 1 fully saturated rings. The molecule has 21 heavy (non-hydrogen) atoms. The second-order valence-electron chi connectivity index (χ2n) is 5.05. The smallest absolute Gasteiger partial charge is 0.214 e. The molecule has 3 rings (SSSR count). The van der Waals surface area contributed by atoms with E-state index in [1.54, 1.807) is 6.07 Å². The highest BCUT2D eigenvalue weighted by Crippen LogP contribution is 2.31. The van der Waals surface area contributed by atoms with Gasteiger partial charge in [0.05, 0.1) is 11.1 Å². The molecule has 0 saturated heterocycles. The Labute approximate surface area is 134 Å². The van der Waals surface area contributed by atoms with Crippen LogP contribution in [-0.2, 0) is 0 Å². The third kappa shape index (κ3) is 3.87. The summed E-state index contributed by atoms with van der Waals surface area (Å²) in [7, 11) is 0. The van der Waals surface area contributed by atoms with Crippen LogP contribution in [0.4, 0.5) is 0 Å². The van der Waals surface area contributed by atoms with Gasteiger partial charge in [0.2, 0.25) is 12.2 Å². The summed E-state index contributed by atoms with van der Waals surface area (Å²) in [5.74, 6) is 1.24. The number of nitrogens with two attached hydrogens (primary N) is 1. The van der Waals surface area contributed by atoms with Gasteiger partial charge in [0.25, 0.3) is 0 Å². The maximum atomic E-state index is 6.24. The van der Waals surface area contributed by atoms with Crippen LogP contribution in [-0.4, -0.2) is 22.3 Å². The minimum absolute atomic E-state index is 0. The molecule has 1 aliphatic carbocycles. The third-order valence-corrected chi connectivity index (χ3v) is 3.88. The van der Waals surface area contributed by atoms with Crippen molar-refractivity contribution in [1.82, 2.24) is 10.1 Å². The van der Waals surface area contributed by atoms with Crippen molar-refractivity contribution in [2.45, 2.75) is 37.8 Å². The average Bonchev–Trinajstić information content (AvgIpc) is 2.95. The summed E-state index contributed by atoms with van der Waals surface area (Å²) >= 11 is 6.24. The van der Waals surface area contributed by atoms with E-state index in [1.165, 1.54) is 6.39 Å². The maximum Gasteiger partial charge on any atom is 0.214 e. The first kappa shape index (κ1) is 16.1. The lowest BCUT2D eigenvalue weighted by Gasteiger charge is -2.26. The zero-order chi connectivity index (χ0) is 13.9. The van der Waals surface area contributed by atoms with Crippen molar-refractivity contribution in [2.24, 2.45) is 5.73 Å². The Hall–Kier alpha value is -1.30. The predicted molar refractivity (Wildman–Crippen MR) is 82.9 cm³/mol. The molecule has 0 radical (unpaired) electrons. The van der Waals surface area contributed by atoms with Gasteiger partial charge < -0.3 is 15.0 Å². The first-order valence-electron chi connectivity index (χ1n) is 6.71. The molecule has 1 aromatic carbocycles. The Morgan fingerprint density at radius 1 is 1.24 bits per heavy atom. The standard InChI is InChI=1S/C14H16ClN3O2.ClH/c15-13-7-11(20-10-3-1-9(16)2-4-10)5-6-12(13)14-17-8-19-18-14;/h5-10H,1-4,16H2;1H. The second kappa shape index (κ2) is 7.11. The Morgan fingerprint density at radius 2 is 2.00 bits per heavy atom. The molecule has 114 valence electrons. The minimum Gasteiger partial charge on any atom is -0.490 e. The van der Waals surface area contributed by atoms with Crippen molar-refractivity contribution in [3.05, 3.63) is 29.6 Å². The molecule has 2 N–H and O–H groups in total. The van der Waals surface area contributed by atoms with Gasteiger partial charge in [-0.25, -0.2) is 0 Å². The van der Waals surface area contributed by atoms with Crippen molar-refractivity contribution in [2.75, 3.05) is 0 Å². The second-order valence-corrected chi connectivity index (χ2v) is 5.46. The average molecular weight is 330 g/mol. The Balaban J connectivity index is 0.00000161. The van der Waals surface area contributed by atoms with E-state index in [0.717, 1.165) is 37.0 Å². The normalized spacial score (nSPS) is 21.6. The highest BCUT2D eigenvalue weighted by Gasteiger charge is 2.20. The summed E-state index contributed by atoms with van der Waals surface area (Å²) < 4.78 is 10.7. The summed E-state index contributed by atoms with van der Waals surface area (Å²) in [6, 6.07) is 5.84. The first-order valence-corrected chi connectivity index (χ1v) is 7.08.